The molecule has 116 valence electrons. The summed E-state index contributed by atoms with van der Waals surface area (Å²) in [7, 11) is 2.18. The number of aliphatic imine (C=N–C) groups is 1. The Bertz CT molecular complexity index is 466. The van der Waals surface area contributed by atoms with Crippen molar-refractivity contribution in [3.05, 3.63) is 11.6 Å². The van der Waals surface area contributed by atoms with Crippen molar-refractivity contribution in [3.63, 3.8) is 0 Å². The van der Waals surface area contributed by atoms with Gasteiger partial charge in [-0.15, -0.1) is 11.3 Å². The molecule has 2 fully saturated rings. The van der Waals surface area contributed by atoms with Gasteiger partial charge in [-0.3, -0.25) is 4.99 Å². The first-order valence-electron chi connectivity index (χ1n) is 7.63. The summed E-state index contributed by atoms with van der Waals surface area (Å²) in [6.45, 7) is 5.80. The van der Waals surface area contributed by atoms with Gasteiger partial charge in [-0.2, -0.15) is 0 Å². The molecule has 2 saturated heterocycles. The first-order chi connectivity index (χ1) is 10.2. The van der Waals surface area contributed by atoms with E-state index >= 15 is 0 Å². The number of aromatic nitrogens is 1. The number of likely N-dealkylation sites (tertiary alicyclic amines) is 1. The van der Waals surface area contributed by atoms with E-state index in [0.717, 1.165) is 37.9 Å². The smallest absolute Gasteiger partial charge is 0.191 e. The lowest BCUT2D eigenvalue weighted by Crippen LogP contribution is -2.51. The number of rotatable bonds is 3. The Morgan fingerprint density at radius 2 is 2.19 bits per heavy atom. The molecule has 3 heterocycles. The number of guanidine groups is 1. The van der Waals surface area contributed by atoms with E-state index in [9.17, 15) is 0 Å². The fraction of sp³-hybridized carbons (Fsp3) is 0.714. The molecule has 2 N–H and O–H groups in total. The molecule has 0 aromatic carbocycles. The van der Waals surface area contributed by atoms with Crippen molar-refractivity contribution in [2.75, 3.05) is 51.2 Å². The maximum atomic E-state index is 6.16. The van der Waals surface area contributed by atoms with Crippen LogP contribution in [0, 0.1) is 0 Å². The molecular weight excluding hydrogens is 284 g/mol. The Morgan fingerprint density at radius 3 is 2.81 bits per heavy atom. The Balaban J connectivity index is 1.49. The van der Waals surface area contributed by atoms with Crippen LogP contribution in [0.2, 0.25) is 0 Å². The van der Waals surface area contributed by atoms with Crippen molar-refractivity contribution < 1.29 is 0 Å². The van der Waals surface area contributed by atoms with Gasteiger partial charge in [0.25, 0.3) is 0 Å². The van der Waals surface area contributed by atoms with E-state index in [1.807, 2.05) is 11.6 Å². The number of hydrogen-bond donors (Lipinski definition) is 1. The number of hydrogen-bond acceptors (Lipinski definition) is 5. The minimum Gasteiger partial charge on any atom is -0.370 e. The van der Waals surface area contributed by atoms with Crippen LogP contribution in [0.1, 0.15) is 12.8 Å². The lowest BCUT2D eigenvalue weighted by Gasteiger charge is -2.35. The Morgan fingerprint density at radius 1 is 1.38 bits per heavy atom. The van der Waals surface area contributed by atoms with Gasteiger partial charge >= 0.3 is 0 Å². The monoisotopic (exact) mass is 308 g/mol. The first kappa shape index (κ1) is 14.6. The van der Waals surface area contributed by atoms with Gasteiger partial charge in [0.2, 0.25) is 0 Å². The van der Waals surface area contributed by atoms with Crippen molar-refractivity contribution in [1.29, 1.82) is 0 Å². The Kier molecular flexibility index (Phi) is 4.60. The number of thiazole rings is 1. The summed E-state index contributed by atoms with van der Waals surface area (Å²) in [4.78, 5) is 15.9. The van der Waals surface area contributed by atoms with E-state index in [1.165, 1.54) is 19.4 Å². The van der Waals surface area contributed by atoms with Crippen molar-refractivity contribution in [3.8, 4) is 0 Å². The molecule has 1 unspecified atom stereocenters. The zero-order valence-corrected chi connectivity index (χ0v) is 13.4. The van der Waals surface area contributed by atoms with Crippen LogP contribution in [0.25, 0.3) is 0 Å². The summed E-state index contributed by atoms with van der Waals surface area (Å²) in [6, 6.07) is 0.570. The molecule has 2 aliphatic rings. The lowest BCUT2D eigenvalue weighted by molar-refractivity contribution is 0.315. The third kappa shape index (κ3) is 3.47. The van der Waals surface area contributed by atoms with Gasteiger partial charge in [-0.25, -0.2) is 4.98 Å². The van der Waals surface area contributed by atoms with Crippen molar-refractivity contribution in [2.24, 2.45) is 10.7 Å². The zero-order chi connectivity index (χ0) is 14.7. The highest BCUT2D eigenvalue weighted by molar-refractivity contribution is 7.13. The van der Waals surface area contributed by atoms with Gasteiger partial charge in [0, 0.05) is 43.8 Å². The summed E-state index contributed by atoms with van der Waals surface area (Å²) < 4.78 is 0. The fourth-order valence-corrected chi connectivity index (χ4v) is 3.70. The summed E-state index contributed by atoms with van der Waals surface area (Å²) >= 11 is 1.70. The van der Waals surface area contributed by atoms with Gasteiger partial charge in [0.1, 0.15) is 0 Å². The largest absolute Gasteiger partial charge is 0.370 e. The molecule has 0 amide bonds. The zero-order valence-electron chi connectivity index (χ0n) is 12.6. The number of nitrogens with zero attached hydrogens (tertiary/aromatic N) is 5. The summed E-state index contributed by atoms with van der Waals surface area (Å²) in [6.07, 6.45) is 4.38. The third-order valence-corrected chi connectivity index (χ3v) is 5.26. The second kappa shape index (κ2) is 6.62. The Labute approximate surface area is 130 Å². The normalized spacial score (nSPS) is 24.8. The standard InChI is InChI=1S/C14H24N6S/c1-18-5-2-3-12(18)11-17-13(15)19-6-8-20(9-7-19)14-16-4-10-21-14/h4,10,12H,2-3,5-9,11H2,1H3,(H2,15,17). The molecule has 1 atom stereocenters. The number of piperazine rings is 1. The van der Waals surface area contributed by atoms with E-state index in [-0.39, 0.29) is 0 Å². The average molecular weight is 308 g/mol. The van der Waals surface area contributed by atoms with Gasteiger partial charge in [0.15, 0.2) is 11.1 Å². The molecule has 21 heavy (non-hydrogen) atoms. The minimum absolute atomic E-state index is 0.570. The molecule has 6 nitrogen and oxygen atoms in total. The van der Waals surface area contributed by atoms with Crippen LogP contribution in [0.5, 0.6) is 0 Å². The van der Waals surface area contributed by atoms with Crippen LogP contribution in [0.4, 0.5) is 5.13 Å². The van der Waals surface area contributed by atoms with Crippen LogP contribution < -0.4 is 10.6 Å². The maximum Gasteiger partial charge on any atom is 0.191 e. The van der Waals surface area contributed by atoms with E-state index in [1.54, 1.807) is 11.3 Å². The quantitative estimate of drug-likeness (QED) is 0.657. The third-order valence-electron chi connectivity index (χ3n) is 4.43. The van der Waals surface area contributed by atoms with Crippen molar-refractivity contribution in [1.82, 2.24) is 14.8 Å². The second-order valence-corrected chi connectivity index (χ2v) is 6.64. The van der Waals surface area contributed by atoms with Crippen LogP contribution in [0.15, 0.2) is 16.6 Å². The molecule has 0 aliphatic carbocycles. The van der Waals surface area contributed by atoms with Crippen molar-refractivity contribution >= 4 is 22.4 Å². The molecule has 1 aromatic heterocycles. The van der Waals surface area contributed by atoms with E-state index < -0.39 is 0 Å². The van der Waals surface area contributed by atoms with Crippen LogP contribution in [0.3, 0.4) is 0 Å². The number of anilines is 1. The first-order valence-corrected chi connectivity index (χ1v) is 8.51. The van der Waals surface area contributed by atoms with Gasteiger partial charge < -0.3 is 20.4 Å². The van der Waals surface area contributed by atoms with Gasteiger partial charge in [-0.05, 0) is 26.4 Å². The molecule has 7 heteroatoms. The lowest BCUT2D eigenvalue weighted by atomic mass is 10.2. The predicted octanol–water partition coefficient (Wildman–Crippen LogP) is 0.674. The fourth-order valence-electron chi connectivity index (χ4n) is 3.01. The second-order valence-electron chi connectivity index (χ2n) is 5.76. The number of nitrogens with two attached hydrogens (primary N) is 1. The van der Waals surface area contributed by atoms with E-state index in [4.69, 9.17) is 5.73 Å². The highest BCUT2D eigenvalue weighted by Gasteiger charge is 2.22. The molecule has 0 spiro atoms. The highest BCUT2D eigenvalue weighted by atomic mass is 32.1. The summed E-state index contributed by atoms with van der Waals surface area (Å²) in [5.74, 6) is 0.703. The van der Waals surface area contributed by atoms with Gasteiger partial charge in [0.05, 0.1) is 6.54 Å². The summed E-state index contributed by atoms with van der Waals surface area (Å²) in [5.41, 5.74) is 6.16. The molecular formula is C14H24N6S. The van der Waals surface area contributed by atoms with Gasteiger partial charge in [-0.1, -0.05) is 0 Å². The number of likely N-dealkylation sites (N-methyl/N-ethyl adjacent to an activating group) is 1. The minimum atomic E-state index is 0.570. The highest BCUT2D eigenvalue weighted by Crippen LogP contribution is 2.19. The topological polar surface area (TPSA) is 61.0 Å². The maximum absolute atomic E-state index is 6.16. The van der Waals surface area contributed by atoms with Crippen LogP contribution in [-0.4, -0.2) is 73.1 Å². The molecule has 0 radical (unpaired) electrons. The average Bonchev–Trinajstić information content (AvgIpc) is 3.17. The summed E-state index contributed by atoms with van der Waals surface area (Å²) in [5, 5.41) is 3.13. The molecule has 1 aromatic rings. The molecule has 0 saturated carbocycles. The SMILES string of the molecule is CN1CCCC1CN=C(N)N1CCN(c2nccs2)CC1. The van der Waals surface area contributed by atoms with Crippen LogP contribution in [-0.2, 0) is 0 Å². The van der Waals surface area contributed by atoms with Crippen LogP contribution >= 0.6 is 11.3 Å². The predicted molar refractivity (Wildman–Crippen MR) is 88.0 cm³/mol. The van der Waals surface area contributed by atoms with Crippen molar-refractivity contribution in [2.45, 2.75) is 18.9 Å². The molecule has 2 aliphatic heterocycles. The Hall–Kier alpha value is -1.34. The van der Waals surface area contributed by atoms with E-state index in [0.29, 0.717) is 12.0 Å². The molecule has 0 bridgehead atoms. The van der Waals surface area contributed by atoms with E-state index in [2.05, 4.69) is 31.7 Å². The molecule has 3 rings (SSSR count).